The van der Waals surface area contributed by atoms with E-state index in [-0.39, 0.29) is 18.9 Å². The lowest BCUT2D eigenvalue weighted by Crippen LogP contribution is -2.66. The zero-order valence-electron chi connectivity index (χ0n) is 71.5. The summed E-state index contributed by atoms with van der Waals surface area (Å²) in [7, 11) is 0. The lowest BCUT2D eigenvalue weighted by molar-refractivity contribution is -0.379. The van der Waals surface area contributed by atoms with Gasteiger partial charge in [-0.05, 0) is 12.8 Å². The molecule has 12 N–H and O–H groups in total. The molecule has 0 saturated carbocycles. The summed E-state index contributed by atoms with van der Waals surface area (Å²) in [5.41, 5.74) is 0. The zero-order chi connectivity index (χ0) is 80.3. The molecule has 0 aromatic carbocycles. The maximum absolute atomic E-state index is 13.6. The van der Waals surface area contributed by atoms with Gasteiger partial charge in [0.05, 0.1) is 38.6 Å². The number of carbonyl (C=O) groups excluding carboxylic acids is 1. The fraction of sp³-hybridized carbons (Fsp3) is 0.989. The fourth-order valence-corrected chi connectivity index (χ4v) is 16.9. The van der Waals surface area contributed by atoms with E-state index in [2.05, 4.69) is 19.2 Å². The molecule has 3 aliphatic rings. The van der Waals surface area contributed by atoms with Crippen molar-refractivity contribution in [2.75, 3.05) is 26.4 Å². The van der Waals surface area contributed by atoms with Crippen molar-refractivity contribution in [1.29, 1.82) is 0 Å². The number of hydrogen-bond acceptors (Lipinski definition) is 18. The monoisotopic (exact) mass is 1590 g/mol. The summed E-state index contributed by atoms with van der Waals surface area (Å²) in [6.45, 7) is 1.90. The number of amides is 1. The molecular formula is C92H179NO18. The molecule has 17 unspecified atom stereocenters. The molecule has 19 nitrogen and oxygen atoms in total. The van der Waals surface area contributed by atoms with E-state index >= 15 is 0 Å². The van der Waals surface area contributed by atoms with Crippen LogP contribution in [0.3, 0.4) is 0 Å². The van der Waals surface area contributed by atoms with Crippen LogP contribution in [0.4, 0.5) is 0 Å². The molecule has 17 atom stereocenters. The summed E-state index contributed by atoms with van der Waals surface area (Å²) in [5.74, 6) is -0.230. The van der Waals surface area contributed by atoms with Crippen molar-refractivity contribution < 1.29 is 89.4 Å². The van der Waals surface area contributed by atoms with Gasteiger partial charge in [0.1, 0.15) is 73.2 Å². The van der Waals surface area contributed by atoms with E-state index in [1.165, 1.54) is 372 Å². The molecule has 0 aromatic rings. The van der Waals surface area contributed by atoms with Crippen LogP contribution in [0, 0.1) is 0 Å². The van der Waals surface area contributed by atoms with Crippen LogP contribution in [-0.4, -0.2) is 193 Å². The van der Waals surface area contributed by atoms with Crippen molar-refractivity contribution >= 4 is 5.91 Å². The summed E-state index contributed by atoms with van der Waals surface area (Å²) in [4.78, 5) is 13.6. The van der Waals surface area contributed by atoms with E-state index in [1.54, 1.807) is 0 Å². The molecule has 660 valence electrons. The SMILES string of the molecule is CCCCCCCCCCCCCCCCCCCCCCCCCCCCCCCCCCCCCC(=O)NC(COC1OC(CO)C(OC2OC(CO)C(OC3OC(CO)C(O)C(O)C3O)C(O)C2O)C(O)C1O)C(O)CCCCCCCCCCCCCCCCCCCCCCCCCCCCCCCCC. The molecule has 3 fully saturated rings. The molecule has 111 heavy (non-hydrogen) atoms. The standard InChI is InChI=1S/C92H179NO18/c1-3-5-7-9-11-13-15-17-19-21-23-25-27-29-31-33-35-36-37-38-40-42-44-46-48-50-52-54-56-58-60-62-64-66-68-70-80(98)93-75(76(97)69-67-65-63-61-59-57-55-53-51-49-47-45-43-41-39-34-32-30-28-26-24-22-20-18-16-14-12-10-8-6-4-2)74-106-90-86(104)83(101)88(78(72-95)108-90)111-92-87(105)84(102)89(79(73-96)109-92)110-91-85(103)82(100)81(99)77(71-94)107-91/h75-79,81-92,94-97,99-105H,3-74H2,1-2H3,(H,93,98). The van der Waals surface area contributed by atoms with Crippen LogP contribution in [-0.2, 0) is 33.2 Å². The van der Waals surface area contributed by atoms with E-state index in [4.69, 9.17) is 28.4 Å². The predicted molar refractivity (Wildman–Crippen MR) is 448 cm³/mol. The lowest BCUT2D eigenvalue weighted by atomic mass is 9.96. The number of hydrogen-bond donors (Lipinski definition) is 12. The number of aliphatic hydroxyl groups is 11. The Labute approximate surface area is 678 Å². The Morgan fingerprint density at radius 1 is 0.288 bits per heavy atom. The van der Waals surface area contributed by atoms with Crippen molar-refractivity contribution in [1.82, 2.24) is 5.32 Å². The van der Waals surface area contributed by atoms with Crippen molar-refractivity contribution in [3.63, 3.8) is 0 Å². The second-order valence-corrected chi connectivity index (χ2v) is 34.6. The van der Waals surface area contributed by atoms with Gasteiger partial charge >= 0.3 is 0 Å². The number of carbonyl (C=O) groups is 1. The van der Waals surface area contributed by atoms with Crippen LogP contribution in [0.5, 0.6) is 0 Å². The first-order valence-corrected chi connectivity index (χ1v) is 47.8. The molecule has 0 aromatic heterocycles. The summed E-state index contributed by atoms with van der Waals surface area (Å²) in [6.07, 6.45) is 62.4. The number of unbranched alkanes of at least 4 members (excludes halogenated alkanes) is 64. The third kappa shape index (κ3) is 51.1. The Kier molecular flexibility index (Phi) is 68.2. The van der Waals surface area contributed by atoms with Crippen molar-refractivity contribution in [2.24, 2.45) is 0 Å². The minimum atomic E-state index is -1.97. The van der Waals surface area contributed by atoms with Crippen molar-refractivity contribution in [2.45, 2.75) is 555 Å². The van der Waals surface area contributed by atoms with Crippen LogP contribution in [0.1, 0.15) is 450 Å². The van der Waals surface area contributed by atoms with E-state index in [1.807, 2.05) is 0 Å². The second-order valence-electron chi connectivity index (χ2n) is 34.6. The van der Waals surface area contributed by atoms with Crippen LogP contribution in [0.2, 0.25) is 0 Å². The minimum Gasteiger partial charge on any atom is -0.394 e. The Hall–Kier alpha value is -1.21. The van der Waals surface area contributed by atoms with Gasteiger partial charge < -0.3 is 89.9 Å². The maximum atomic E-state index is 13.6. The predicted octanol–water partition coefficient (Wildman–Crippen LogP) is 18.9. The maximum Gasteiger partial charge on any atom is 0.220 e. The molecule has 3 heterocycles. The summed E-state index contributed by atoms with van der Waals surface area (Å²) in [5, 5.41) is 121. The van der Waals surface area contributed by atoms with Gasteiger partial charge in [-0.1, -0.05) is 431 Å². The van der Waals surface area contributed by atoms with Crippen LogP contribution in [0.15, 0.2) is 0 Å². The van der Waals surface area contributed by atoms with Gasteiger partial charge in [0.2, 0.25) is 5.91 Å². The quantitative estimate of drug-likeness (QED) is 0.0252. The molecular weight excluding hydrogens is 1410 g/mol. The Balaban J connectivity index is 1.29. The Bertz CT molecular complexity index is 2000. The van der Waals surface area contributed by atoms with E-state index in [0.717, 1.165) is 44.9 Å². The second kappa shape index (κ2) is 72.8. The fourth-order valence-electron chi connectivity index (χ4n) is 16.9. The number of ether oxygens (including phenoxy) is 6. The largest absolute Gasteiger partial charge is 0.394 e. The number of rotatable bonds is 80. The van der Waals surface area contributed by atoms with Crippen molar-refractivity contribution in [3.8, 4) is 0 Å². The third-order valence-electron chi connectivity index (χ3n) is 24.4. The minimum absolute atomic E-state index is 0.230. The first-order valence-electron chi connectivity index (χ1n) is 47.8. The number of aliphatic hydroxyl groups excluding tert-OH is 11. The number of nitrogens with one attached hydrogen (secondary N) is 1. The van der Waals surface area contributed by atoms with Gasteiger partial charge in [0, 0.05) is 6.42 Å². The van der Waals surface area contributed by atoms with Gasteiger partial charge in [-0.2, -0.15) is 0 Å². The van der Waals surface area contributed by atoms with Crippen molar-refractivity contribution in [3.05, 3.63) is 0 Å². The zero-order valence-corrected chi connectivity index (χ0v) is 71.5. The Morgan fingerprint density at radius 3 is 0.784 bits per heavy atom. The first-order chi connectivity index (χ1) is 54.3. The summed E-state index contributed by atoms with van der Waals surface area (Å²) in [6, 6.07) is -0.885. The molecule has 0 radical (unpaired) electrons. The summed E-state index contributed by atoms with van der Waals surface area (Å²) < 4.78 is 34.6. The third-order valence-corrected chi connectivity index (χ3v) is 24.4. The molecule has 0 aliphatic carbocycles. The molecule has 1 amide bonds. The molecule has 3 saturated heterocycles. The Morgan fingerprint density at radius 2 is 0.514 bits per heavy atom. The van der Waals surface area contributed by atoms with Crippen LogP contribution >= 0.6 is 0 Å². The average molecular weight is 1590 g/mol. The van der Waals surface area contributed by atoms with E-state index < -0.39 is 124 Å². The molecule has 19 heteroatoms. The molecule has 0 spiro atoms. The van der Waals surface area contributed by atoms with Crippen LogP contribution < -0.4 is 5.32 Å². The topological polar surface area (TPSA) is 307 Å². The van der Waals surface area contributed by atoms with Gasteiger partial charge in [-0.25, -0.2) is 0 Å². The highest BCUT2D eigenvalue weighted by molar-refractivity contribution is 5.76. The van der Waals surface area contributed by atoms with E-state index in [0.29, 0.717) is 12.8 Å². The van der Waals surface area contributed by atoms with E-state index in [9.17, 15) is 61.0 Å². The highest BCUT2D eigenvalue weighted by atomic mass is 16.8. The lowest BCUT2D eigenvalue weighted by Gasteiger charge is -2.48. The van der Waals surface area contributed by atoms with Gasteiger partial charge in [0.15, 0.2) is 18.9 Å². The van der Waals surface area contributed by atoms with Crippen LogP contribution in [0.25, 0.3) is 0 Å². The van der Waals surface area contributed by atoms with Gasteiger partial charge in [-0.3, -0.25) is 4.79 Å². The van der Waals surface area contributed by atoms with Gasteiger partial charge in [0.25, 0.3) is 0 Å². The molecule has 3 aliphatic heterocycles. The van der Waals surface area contributed by atoms with Gasteiger partial charge in [-0.15, -0.1) is 0 Å². The highest BCUT2D eigenvalue weighted by Crippen LogP contribution is 2.34. The first kappa shape index (κ1) is 104. The average Bonchev–Trinajstić information content (AvgIpc) is 0.780. The normalized spacial score (nSPS) is 24.9. The molecule has 0 bridgehead atoms. The molecule has 3 rings (SSSR count). The smallest absolute Gasteiger partial charge is 0.220 e. The highest BCUT2D eigenvalue weighted by Gasteiger charge is 2.54. The summed E-state index contributed by atoms with van der Waals surface area (Å²) >= 11 is 0.